The number of aromatic nitrogens is 3. The summed E-state index contributed by atoms with van der Waals surface area (Å²) in [7, 11) is 0. The monoisotopic (exact) mass is 423 g/mol. The van der Waals surface area contributed by atoms with E-state index in [1.54, 1.807) is 18.3 Å². The first-order valence-corrected chi connectivity index (χ1v) is 9.62. The Morgan fingerprint density at radius 3 is 2.48 bits per heavy atom. The van der Waals surface area contributed by atoms with Gasteiger partial charge in [0, 0.05) is 23.4 Å². The van der Waals surface area contributed by atoms with Crippen LogP contribution in [0.4, 0.5) is 24.9 Å². The van der Waals surface area contributed by atoms with Crippen molar-refractivity contribution in [2.24, 2.45) is 0 Å². The number of hydrogen-bond donors (Lipinski definition) is 3. The highest BCUT2D eigenvalue weighted by Crippen LogP contribution is 2.36. The molecule has 0 spiro atoms. The Bertz CT molecular complexity index is 1190. The van der Waals surface area contributed by atoms with Gasteiger partial charge >= 0.3 is 6.18 Å². The van der Waals surface area contributed by atoms with Crippen LogP contribution in [0.25, 0.3) is 22.5 Å². The standard InChI is InChI=1S/C23H20F3N5/c1-14(15-6-3-2-4-7-15)29-19-13-17(10-11-28-19)21-20(30-22(27)31-21)16-8-5-9-18(12-16)23(24,25)26/h2-14H,1H3,(H,28,29)(H3,27,30,31). The van der Waals surface area contributed by atoms with Gasteiger partial charge in [0.2, 0.25) is 0 Å². The molecule has 2 heterocycles. The number of alkyl halides is 3. The molecule has 158 valence electrons. The summed E-state index contributed by atoms with van der Waals surface area (Å²) in [5.74, 6) is 0.739. The van der Waals surface area contributed by atoms with Crippen LogP contribution < -0.4 is 11.1 Å². The quantitative estimate of drug-likeness (QED) is 0.373. The van der Waals surface area contributed by atoms with E-state index in [1.807, 2.05) is 43.3 Å². The summed E-state index contributed by atoms with van der Waals surface area (Å²) in [4.78, 5) is 11.6. The molecule has 0 fully saturated rings. The fraction of sp³-hybridized carbons (Fsp3) is 0.130. The number of hydrogen-bond acceptors (Lipinski definition) is 4. The van der Waals surface area contributed by atoms with Crippen molar-refractivity contribution in [1.82, 2.24) is 15.0 Å². The first kappa shape index (κ1) is 20.5. The zero-order valence-electron chi connectivity index (χ0n) is 16.6. The van der Waals surface area contributed by atoms with Gasteiger partial charge in [0.25, 0.3) is 0 Å². The van der Waals surface area contributed by atoms with Crippen molar-refractivity contribution in [3.63, 3.8) is 0 Å². The summed E-state index contributed by atoms with van der Waals surface area (Å²) < 4.78 is 39.5. The van der Waals surface area contributed by atoms with Crippen LogP contribution in [-0.2, 0) is 6.18 Å². The van der Waals surface area contributed by atoms with Crippen molar-refractivity contribution in [2.45, 2.75) is 19.1 Å². The maximum absolute atomic E-state index is 13.2. The molecule has 4 aromatic rings. The summed E-state index contributed by atoms with van der Waals surface area (Å²) in [6.45, 7) is 2.02. The summed E-state index contributed by atoms with van der Waals surface area (Å²) in [6.07, 6.45) is -2.82. The number of nitrogens with one attached hydrogen (secondary N) is 2. The van der Waals surface area contributed by atoms with Crippen molar-refractivity contribution >= 4 is 11.8 Å². The Hall–Kier alpha value is -3.81. The molecule has 8 heteroatoms. The number of nitrogens with two attached hydrogens (primary N) is 1. The highest BCUT2D eigenvalue weighted by Gasteiger charge is 2.31. The Morgan fingerprint density at radius 1 is 0.968 bits per heavy atom. The number of benzene rings is 2. The molecule has 0 aliphatic rings. The van der Waals surface area contributed by atoms with Gasteiger partial charge in [0.05, 0.1) is 17.0 Å². The average Bonchev–Trinajstić information content (AvgIpc) is 3.16. The topological polar surface area (TPSA) is 79.6 Å². The van der Waals surface area contributed by atoms with Crippen LogP contribution in [0.1, 0.15) is 24.1 Å². The molecule has 0 radical (unpaired) electrons. The van der Waals surface area contributed by atoms with Crippen LogP contribution in [0.15, 0.2) is 72.9 Å². The van der Waals surface area contributed by atoms with Crippen LogP contribution in [0, 0.1) is 0 Å². The van der Waals surface area contributed by atoms with Crippen molar-refractivity contribution in [3.8, 4) is 22.5 Å². The van der Waals surface area contributed by atoms with Gasteiger partial charge < -0.3 is 16.0 Å². The minimum Gasteiger partial charge on any atom is -0.369 e. The summed E-state index contributed by atoms with van der Waals surface area (Å²) in [5.41, 5.74) is 8.10. The number of anilines is 2. The molecule has 0 amide bonds. The molecule has 2 aromatic heterocycles. The zero-order valence-corrected chi connectivity index (χ0v) is 16.6. The van der Waals surface area contributed by atoms with Crippen molar-refractivity contribution in [1.29, 1.82) is 0 Å². The molecule has 4 rings (SSSR count). The van der Waals surface area contributed by atoms with Crippen LogP contribution in [0.3, 0.4) is 0 Å². The zero-order chi connectivity index (χ0) is 22.0. The minimum atomic E-state index is -4.45. The molecule has 4 N–H and O–H groups in total. The molecule has 0 saturated carbocycles. The van der Waals surface area contributed by atoms with Crippen LogP contribution in [0.2, 0.25) is 0 Å². The normalized spacial score (nSPS) is 12.5. The molecule has 0 saturated heterocycles. The van der Waals surface area contributed by atoms with E-state index >= 15 is 0 Å². The van der Waals surface area contributed by atoms with Gasteiger partial charge in [-0.1, -0.05) is 42.5 Å². The van der Waals surface area contributed by atoms with Crippen molar-refractivity contribution in [3.05, 3.63) is 84.1 Å². The molecule has 5 nitrogen and oxygen atoms in total. The van der Waals surface area contributed by atoms with Gasteiger partial charge in [0.15, 0.2) is 5.95 Å². The van der Waals surface area contributed by atoms with Gasteiger partial charge in [0.1, 0.15) is 5.82 Å². The van der Waals surface area contributed by atoms with Crippen LogP contribution in [0.5, 0.6) is 0 Å². The Labute approximate surface area is 177 Å². The van der Waals surface area contributed by atoms with E-state index in [0.717, 1.165) is 17.7 Å². The molecule has 0 aliphatic heterocycles. The molecule has 31 heavy (non-hydrogen) atoms. The number of pyridine rings is 1. The highest BCUT2D eigenvalue weighted by atomic mass is 19.4. The number of rotatable bonds is 5. The van der Waals surface area contributed by atoms with Gasteiger partial charge in [-0.05, 0) is 36.8 Å². The lowest BCUT2D eigenvalue weighted by molar-refractivity contribution is -0.137. The third-order valence-corrected chi connectivity index (χ3v) is 4.90. The van der Waals surface area contributed by atoms with E-state index < -0.39 is 11.7 Å². The Kier molecular flexibility index (Phi) is 5.37. The molecule has 0 bridgehead atoms. The summed E-state index contributed by atoms with van der Waals surface area (Å²) in [5, 5.41) is 3.34. The van der Waals surface area contributed by atoms with Gasteiger partial charge in [-0.25, -0.2) is 9.97 Å². The first-order chi connectivity index (χ1) is 14.8. The van der Waals surface area contributed by atoms with E-state index in [4.69, 9.17) is 5.73 Å². The smallest absolute Gasteiger partial charge is 0.369 e. The average molecular weight is 423 g/mol. The summed E-state index contributed by atoms with van der Waals surface area (Å²) in [6, 6.07) is 18.5. The highest BCUT2D eigenvalue weighted by molar-refractivity contribution is 5.81. The van der Waals surface area contributed by atoms with Crippen molar-refractivity contribution in [2.75, 3.05) is 11.1 Å². The second-order valence-corrected chi connectivity index (χ2v) is 7.13. The molecular formula is C23H20F3N5. The van der Waals surface area contributed by atoms with Crippen LogP contribution in [-0.4, -0.2) is 15.0 Å². The molecule has 2 aromatic carbocycles. The second kappa shape index (κ2) is 8.14. The predicted molar refractivity (Wildman–Crippen MR) is 115 cm³/mol. The van der Waals surface area contributed by atoms with Gasteiger partial charge in [-0.3, -0.25) is 0 Å². The molecular weight excluding hydrogens is 403 g/mol. The minimum absolute atomic E-state index is 0.0127. The van der Waals surface area contributed by atoms with E-state index in [1.165, 1.54) is 6.07 Å². The lowest BCUT2D eigenvalue weighted by Crippen LogP contribution is -2.07. The molecule has 1 unspecified atom stereocenters. The number of halogens is 3. The fourth-order valence-corrected chi connectivity index (χ4v) is 3.36. The van der Waals surface area contributed by atoms with Gasteiger partial charge in [-0.15, -0.1) is 0 Å². The Balaban J connectivity index is 1.68. The SMILES string of the molecule is CC(Nc1cc(-c2[nH]c(N)nc2-c2cccc(C(F)(F)F)c2)ccn1)c1ccccc1. The molecule has 1 atom stereocenters. The number of imidazole rings is 1. The Morgan fingerprint density at radius 2 is 1.74 bits per heavy atom. The maximum Gasteiger partial charge on any atom is 0.416 e. The summed E-state index contributed by atoms with van der Waals surface area (Å²) >= 11 is 0. The predicted octanol–water partition coefficient (Wildman–Crippen LogP) is 5.91. The largest absolute Gasteiger partial charge is 0.416 e. The third-order valence-electron chi connectivity index (χ3n) is 4.90. The van der Waals surface area contributed by atoms with E-state index in [-0.39, 0.29) is 12.0 Å². The van der Waals surface area contributed by atoms with E-state index in [9.17, 15) is 13.2 Å². The van der Waals surface area contributed by atoms with Crippen molar-refractivity contribution < 1.29 is 13.2 Å². The molecule has 0 aliphatic carbocycles. The van der Waals surface area contributed by atoms with Gasteiger partial charge in [-0.2, -0.15) is 13.2 Å². The number of nitrogen functional groups attached to an aromatic ring is 1. The lowest BCUT2D eigenvalue weighted by Gasteiger charge is -2.15. The second-order valence-electron chi connectivity index (χ2n) is 7.13. The number of aromatic amines is 1. The fourth-order valence-electron chi connectivity index (χ4n) is 3.36. The maximum atomic E-state index is 13.2. The van der Waals surface area contributed by atoms with E-state index in [0.29, 0.717) is 28.3 Å². The number of H-pyrrole nitrogens is 1. The van der Waals surface area contributed by atoms with E-state index in [2.05, 4.69) is 20.3 Å². The lowest BCUT2D eigenvalue weighted by atomic mass is 10.0. The first-order valence-electron chi connectivity index (χ1n) is 9.62. The number of nitrogens with zero attached hydrogens (tertiary/aromatic N) is 2. The van der Waals surface area contributed by atoms with Crippen LogP contribution >= 0.6 is 0 Å². The third kappa shape index (κ3) is 4.53.